The zero-order valence-electron chi connectivity index (χ0n) is 16.1. The van der Waals surface area contributed by atoms with Gasteiger partial charge in [-0.05, 0) is 49.6 Å². The molecule has 0 bridgehead atoms. The molecule has 2 N–H and O–H groups in total. The number of anilines is 2. The summed E-state index contributed by atoms with van der Waals surface area (Å²) in [4.78, 5) is 26.1. The van der Waals surface area contributed by atoms with Crippen LogP contribution in [0.5, 0.6) is 5.75 Å². The molecule has 0 aromatic heterocycles. The van der Waals surface area contributed by atoms with E-state index in [1.165, 1.54) is 5.56 Å². The fourth-order valence-corrected chi connectivity index (χ4v) is 2.57. The lowest BCUT2D eigenvalue weighted by Crippen LogP contribution is -2.36. The summed E-state index contributed by atoms with van der Waals surface area (Å²) < 4.78 is 5.44. The van der Waals surface area contributed by atoms with Crippen molar-refractivity contribution in [3.63, 3.8) is 0 Å². The zero-order chi connectivity index (χ0) is 19.6. The first-order valence-electron chi connectivity index (χ1n) is 9.08. The SMILES string of the molecule is CCOc1ccccc1NC(=O)C(=O)NCCCc1ccc(N(C)C)cc1. The molecule has 6 nitrogen and oxygen atoms in total. The molecule has 2 aromatic carbocycles. The van der Waals surface area contributed by atoms with Gasteiger partial charge in [0.25, 0.3) is 0 Å². The van der Waals surface area contributed by atoms with Crippen molar-refractivity contribution in [2.24, 2.45) is 0 Å². The maximum atomic E-state index is 12.1. The Labute approximate surface area is 160 Å². The molecule has 6 heteroatoms. The highest BCUT2D eigenvalue weighted by Gasteiger charge is 2.15. The van der Waals surface area contributed by atoms with E-state index in [9.17, 15) is 9.59 Å². The molecule has 2 aromatic rings. The molecule has 2 amide bonds. The largest absolute Gasteiger partial charge is 0.492 e. The van der Waals surface area contributed by atoms with Crippen LogP contribution in [0, 0.1) is 0 Å². The van der Waals surface area contributed by atoms with Crippen LogP contribution in [-0.2, 0) is 16.0 Å². The minimum Gasteiger partial charge on any atom is -0.492 e. The van der Waals surface area contributed by atoms with E-state index in [4.69, 9.17) is 4.74 Å². The summed E-state index contributed by atoms with van der Waals surface area (Å²) in [6.07, 6.45) is 1.60. The normalized spacial score (nSPS) is 10.2. The van der Waals surface area contributed by atoms with Crippen LogP contribution in [0.15, 0.2) is 48.5 Å². The number of nitrogens with one attached hydrogen (secondary N) is 2. The Balaban J connectivity index is 1.76. The third-order valence-corrected chi connectivity index (χ3v) is 4.02. The van der Waals surface area contributed by atoms with Gasteiger partial charge in [-0.2, -0.15) is 0 Å². The van der Waals surface area contributed by atoms with Gasteiger partial charge in [0.05, 0.1) is 12.3 Å². The lowest BCUT2D eigenvalue weighted by atomic mass is 10.1. The van der Waals surface area contributed by atoms with Crippen LogP contribution in [0.3, 0.4) is 0 Å². The van der Waals surface area contributed by atoms with Crippen molar-refractivity contribution in [1.29, 1.82) is 0 Å². The fourth-order valence-electron chi connectivity index (χ4n) is 2.57. The first-order valence-corrected chi connectivity index (χ1v) is 9.08. The number of carbonyl (C=O) groups excluding carboxylic acids is 2. The van der Waals surface area contributed by atoms with Crippen molar-refractivity contribution in [3.05, 3.63) is 54.1 Å². The molecule has 27 heavy (non-hydrogen) atoms. The van der Waals surface area contributed by atoms with E-state index in [1.807, 2.05) is 32.0 Å². The molecule has 0 atom stereocenters. The van der Waals surface area contributed by atoms with Gasteiger partial charge in [-0.3, -0.25) is 9.59 Å². The Hall–Kier alpha value is -3.02. The molecular formula is C21H27N3O3. The van der Waals surface area contributed by atoms with Crippen LogP contribution in [0.25, 0.3) is 0 Å². The van der Waals surface area contributed by atoms with E-state index < -0.39 is 11.8 Å². The molecule has 0 aliphatic carbocycles. The number of para-hydroxylation sites is 2. The Morgan fingerprint density at radius 3 is 2.37 bits per heavy atom. The average molecular weight is 369 g/mol. The lowest BCUT2D eigenvalue weighted by Gasteiger charge is -2.13. The minimum atomic E-state index is -0.697. The Bertz CT molecular complexity index is 758. The maximum absolute atomic E-state index is 12.1. The maximum Gasteiger partial charge on any atom is 0.313 e. The minimum absolute atomic E-state index is 0.439. The van der Waals surface area contributed by atoms with Gasteiger partial charge in [-0.15, -0.1) is 0 Å². The van der Waals surface area contributed by atoms with E-state index in [0.717, 1.165) is 18.5 Å². The van der Waals surface area contributed by atoms with E-state index >= 15 is 0 Å². The second kappa shape index (κ2) is 10.2. The van der Waals surface area contributed by atoms with Crippen molar-refractivity contribution in [3.8, 4) is 5.75 Å². The van der Waals surface area contributed by atoms with Gasteiger partial charge in [-0.1, -0.05) is 24.3 Å². The van der Waals surface area contributed by atoms with Crippen LogP contribution >= 0.6 is 0 Å². The fraction of sp³-hybridized carbons (Fsp3) is 0.333. The molecule has 0 saturated heterocycles. The van der Waals surface area contributed by atoms with Gasteiger partial charge < -0.3 is 20.3 Å². The van der Waals surface area contributed by atoms with Gasteiger partial charge in [0, 0.05) is 26.3 Å². The van der Waals surface area contributed by atoms with E-state index in [0.29, 0.717) is 24.6 Å². The molecule has 144 valence electrons. The predicted molar refractivity (Wildman–Crippen MR) is 108 cm³/mol. The van der Waals surface area contributed by atoms with Crippen molar-refractivity contribution in [2.75, 3.05) is 37.5 Å². The molecule has 0 aliphatic rings. The third kappa shape index (κ3) is 6.33. The van der Waals surface area contributed by atoms with E-state index in [1.54, 1.807) is 18.2 Å². The number of rotatable bonds is 8. The van der Waals surface area contributed by atoms with Crippen LogP contribution in [0.1, 0.15) is 18.9 Å². The molecule has 2 rings (SSSR count). The van der Waals surface area contributed by atoms with Crippen LogP contribution in [-0.4, -0.2) is 39.1 Å². The van der Waals surface area contributed by atoms with Gasteiger partial charge in [0.2, 0.25) is 0 Å². The smallest absolute Gasteiger partial charge is 0.313 e. The van der Waals surface area contributed by atoms with Crippen LogP contribution in [0.2, 0.25) is 0 Å². The van der Waals surface area contributed by atoms with Gasteiger partial charge in [-0.25, -0.2) is 0 Å². The Morgan fingerprint density at radius 2 is 1.70 bits per heavy atom. The molecule has 0 saturated carbocycles. The van der Waals surface area contributed by atoms with E-state index in [2.05, 4.69) is 34.9 Å². The topological polar surface area (TPSA) is 70.7 Å². The molecule has 0 fully saturated rings. The number of amides is 2. The monoisotopic (exact) mass is 369 g/mol. The highest BCUT2D eigenvalue weighted by Crippen LogP contribution is 2.23. The highest BCUT2D eigenvalue weighted by atomic mass is 16.5. The Kier molecular flexibility index (Phi) is 7.67. The summed E-state index contributed by atoms with van der Waals surface area (Å²) in [5.74, 6) is -0.802. The van der Waals surface area contributed by atoms with Crippen molar-refractivity contribution in [2.45, 2.75) is 19.8 Å². The van der Waals surface area contributed by atoms with Crippen molar-refractivity contribution < 1.29 is 14.3 Å². The lowest BCUT2D eigenvalue weighted by molar-refractivity contribution is -0.136. The third-order valence-electron chi connectivity index (χ3n) is 4.02. The zero-order valence-corrected chi connectivity index (χ0v) is 16.1. The molecule has 0 radical (unpaired) electrons. The first kappa shape index (κ1) is 20.3. The molecule has 0 heterocycles. The number of ether oxygens (including phenoxy) is 1. The molecule has 0 spiro atoms. The van der Waals surface area contributed by atoms with Crippen molar-refractivity contribution in [1.82, 2.24) is 5.32 Å². The number of carbonyl (C=O) groups is 2. The highest BCUT2D eigenvalue weighted by molar-refractivity contribution is 6.39. The summed E-state index contributed by atoms with van der Waals surface area (Å²) in [7, 11) is 4.00. The summed E-state index contributed by atoms with van der Waals surface area (Å²) in [5.41, 5.74) is 2.83. The first-order chi connectivity index (χ1) is 13.0. The number of benzene rings is 2. The number of aryl methyl sites for hydroxylation is 1. The quantitative estimate of drug-likeness (QED) is 0.554. The number of hydrogen-bond donors (Lipinski definition) is 2. The second-order valence-electron chi connectivity index (χ2n) is 6.30. The standard InChI is InChI=1S/C21H27N3O3/c1-4-27-19-10-6-5-9-18(19)23-21(26)20(25)22-15-7-8-16-11-13-17(14-12-16)24(2)3/h5-6,9-14H,4,7-8,15H2,1-3H3,(H,22,25)(H,23,26). The summed E-state index contributed by atoms with van der Waals surface area (Å²) in [5, 5.41) is 5.24. The predicted octanol–water partition coefficient (Wildman–Crippen LogP) is 2.84. The average Bonchev–Trinajstić information content (AvgIpc) is 2.67. The summed E-state index contributed by atoms with van der Waals surface area (Å²) >= 11 is 0. The number of hydrogen-bond acceptors (Lipinski definition) is 4. The molecule has 0 aliphatic heterocycles. The van der Waals surface area contributed by atoms with Crippen LogP contribution < -0.4 is 20.3 Å². The Morgan fingerprint density at radius 1 is 1.00 bits per heavy atom. The molecule has 0 unspecified atom stereocenters. The van der Waals surface area contributed by atoms with Gasteiger partial charge in [0.1, 0.15) is 5.75 Å². The van der Waals surface area contributed by atoms with Crippen LogP contribution in [0.4, 0.5) is 11.4 Å². The van der Waals surface area contributed by atoms with Crippen molar-refractivity contribution >= 4 is 23.2 Å². The van der Waals surface area contributed by atoms with E-state index in [-0.39, 0.29) is 0 Å². The molecular weight excluding hydrogens is 342 g/mol. The number of nitrogens with zero attached hydrogens (tertiary/aromatic N) is 1. The van der Waals surface area contributed by atoms with Gasteiger partial charge >= 0.3 is 11.8 Å². The summed E-state index contributed by atoms with van der Waals surface area (Å²) in [6, 6.07) is 15.3. The van der Waals surface area contributed by atoms with Gasteiger partial charge in [0.15, 0.2) is 0 Å². The second-order valence-corrected chi connectivity index (χ2v) is 6.30. The summed E-state index contributed by atoms with van der Waals surface area (Å²) in [6.45, 7) is 2.78.